The second-order valence-corrected chi connectivity index (χ2v) is 13.1. The highest BCUT2D eigenvalue weighted by Crippen LogP contribution is 2.67. The number of halogens is 1. The minimum atomic E-state index is 0.554. The van der Waals surface area contributed by atoms with Gasteiger partial charge in [-0.2, -0.15) is 0 Å². The van der Waals surface area contributed by atoms with E-state index in [2.05, 4.69) is 40.7 Å². The van der Waals surface area contributed by atoms with Crippen LogP contribution in [0.5, 0.6) is 0 Å². The summed E-state index contributed by atoms with van der Waals surface area (Å²) in [4.78, 5) is 0. The summed E-state index contributed by atoms with van der Waals surface area (Å²) in [6, 6.07) is 0. The van der Waals surface area contributed by atoms with Gasteiger partial charge < -0.3 is 0 Å². The molecule has 1 heteroatoms. The van der Waals surface area contributed by atoms with E-state index in [0.29, 0.717) is 10.8 Å². The normalized spacial score (nSPS) is 42.8. The molecule has 0 aliphatic heterocycles. The lowest BCUT2D eigenvalue weighted by Gasteiger charge is -2.58. The molecule has 3 fully saturated rings. The molecule has 0 radical (unpaired) electrons. The highest BCUT2D eigenvalue weighted by molar-refractivity contribution is 6.17. The minimum Gasteiger partial charge on any atom is -0.127 e. The predicted octanol–water partition coefficient (Wildman–Crippen LogP) is 9.27. The zero-order valence-corrected chi connectivity index (χ0v) is 21.4. The summed E-state index contributed by atoms with van der Waals surface area (Å²) in [6.45, 7) is 12.8. The van der Waals surface area contributed by atoms with Gasteiger partial charge in [-0.15, -0.1) is 11.6 Å². The molecule has 0 aromatic rings. The number of alkyl halides is 1. The van der Waals surface area contributed by atoms with Gasteiger partial charge >= 0.3 is 0 Å². The first-order valence-electron chi connectivity index (χ1n) is 13.6. The lowest BCUT2D eigenvalue weighted by Crippen LogP contribution is -2.50. The Morgan fingerprint density at radius 3 is 2.50 bits per heavy atom. The zero-order chi connectivity index (χ0) is 21.5. The predicted molar refractivity (Wildman–Crippen MR) is 132 cm³/mol. The van der Waals surface area contributed by atoms with Crippen LogP contribution in [-0.4, -0.2) is 5.88 Å². The van der Waals surface area contributed by atoms with E-state index in [1.807, 2.05) is 5.57 Å². The largest absolute Gasteiger partial charge is 0.127 e. The van der Waals surface area contributed by atoms with Gasteiger partial charge in [-0.25, -0.2) is 0 Å². The summed E-state index contributed by atoms with van der Waals surface area (Å²) in [5, 5.41) is 0. The van der Waals surface area contributed by atoms with Gasteiger partial charge in [-0.1, -0.05) is 59.1 Å². The van der Waals surface area contributed by atoms with E-state index in [9.17, 15) is 0 Å². The Hall–Kier alpha value is 0.0300. The first-order valence-corrected chi connectivity index (χ1v) is 14.1. The van der Waals surface area contributed by atoms with E-state index in [-0.39, 0.29) is 0 Å². The maximum absolute atomic E-state index is 6.12. The van der Waals surface area contributed by atoms with Crippen molar-refractivity contribution in [2.45, 2.75) is 112 Å². The van der Waals surface area contributed by atoms with Crippen LogP contribution in [0.4, 0.5) is 0 Å². The number of hydrogen-bond acceptors (Lipinski definition) is 0. The summed E-state index contributed by atoms with van der Waals surface area (Å²) < 4.78 is 0. The first-order chi connectivity index (χ1) is 14.3. The van der Waals surface area contributed by atoms with Crippen LogP contribution in [0.1, 0.15) is 112 Å². The summed E-state index contributed by atoms with van der Waals surface area (Å²) in [7, 11) is 0. The molecule has 0 heterocycles. The summed E-state index contributed by atoms with van der Waals surface area (Å²) in [6.07, 6.45) is 20.0. The van der Waals surface area contributed by atoms with E-state index in [1.54, 1.807) is 0 Å². The van der Waals surface area contributed by atoms with Crippen LogP contribution in [0.2, 0.25) is 0 Å². The molecule has 0 aromatic carbocycles. The Morgan fingerprint density at radius 2 is 1.77 bits per heavy atom. The van der Waals surface area contributed by atoms with Crippen molar-refractivity contribution in [2.24, 2.45) is 52.3 Å². The highest BCUT2D eigenvalue weighted by Gasteiger charge is 2.58. The monoisotopic (exact) mass is 432 g/mol. The Balaban J connectivity index is 1.45. The lowest BCUT2D eigenvalue weighted by atomic mass is 9.47. The van der Waals surface area contributed by atoms with Gasteiger partial charge in [0.2, 0.25) is 0 Å². The smallest absolute Gasteiger partial charge is 0.0226 e. The maximum Gasteiger partial charge on any atom is 0.0226 e. The fourth-order valence-electron chi connectivity index (χ4n) is 9.30. The molecule has 172 valence electrons. The molecule has 0 N–H and O–H groups in total. The van der Waals surface area contributed by atoms with Crippen LogP contribution in [0.25, 0.3) is 0 Å². The van der Waals surface area contributed by atoms with Gasteiger partial charge in [0.05, 0.1) is 0 Å². The average molecular weight is 433 g/mol. The molecule has 30 heavy (non-hydrogen) atoms. The van der Waals surface area contributed by atoms with Crippen LogP contribution in [0, 0.1) is 52.3 Å². The second kappa shape index (κ2) is 9.11. The molecule has 0 saturated heterocycles. The molecule has 8 atom stereocenters. The van der Waals surface area contributed by atoms with Crippen molar-refractivity contribution >= 4 is 11.6 Å². The quantitative estimate of drug-likeness (QED) is 0.277. The van der Waals surface area contributed by atoms with Gasteiger partial charge in [-0.05, 0) is 116 Å². The Morgan fingerprint density at radius 1 is 0.967 bits per heavy atom. The summed E-state index contributed by atoms with van der Waals surface area (Å²) in [5.74, 6) is 7.22. The van der Waals surface area contributed by atoms with Gasteiger partial charge in [0.15, 0.2) is 0 Å². The van der Waals surface area contributed by atoms with E-state index in [1.165, 1.54) is 77.0 Å². The zero-order valence-electron chi connectivity index (χ0n) is 20.7. The third kappa shape index (κ3) is 3.95. The number of rotatable bonds is 7. The molecule has 4 rings (SSSR count). The fourth-order valence-corrected chi connectivity index (χ4v) is 9.58. The molecule has 0 nitrogen and oxygen atoms in total. The van der Waals surface area contributed by atoms with E-state index >= 15 is 0 Å². The van der Waals surface area contributed by atoms with Crippen LogP contribution >= 0.6 is 11.6 Å². The molecule has 0 aromatic heterocycles. The van der Waals surface area contributed by atoms with Crippen molar-refractivity contribution in [1.29, 1.82) is 0 Å². The third-order valence-corrected chi connectivity index (χ3v) is 11.4. The van der Waals surface area contributed by atoms with Crippen molar-refractivity contribution in [3.8, 4) is 0 Å². The van der Waals surface area contributed by atoms with E-state index in [4.69, 9.17) is 11.6 Å². The molecule has 4 aliphatic carbocycles. The highest BCUT2D eigenvalue weighted by atomic mass is 35.5. The van der Waals surface area contributed by atoms with Crippen LogP contribution in [-0.2, 0) is 0 Å². The van der Waals surface area contributed by atoms with Gasteiger partial charge in [0.1, 0.15) is 0 Å². The standard InChI is InChI=1S/C29H49Cl/c1-20(2)22(16-19-30)10-9-21(3)25-13-14-26-24-12-11-23-8-6-7-17-28(23,4)27(24)15-18-29(25,26)5/h11,20-22,24-27H,6-10,12-19H2,1-5H3/t21-,22-,24+,25-,26+,27+,28+,29-/m1/s1. The number of fused-ring (bicyclic) bond motifs is 5. The molecule has 3 saturated carbocycles. The third-order valence-electron chi connectivity index (χ3n) is 11.2. The van der Waals surface area contributed by atoms with Gasteiger partial charge in [0, 0.05) is 5.88 Å². The van der Waals surface area contributed by atoms with E-state index in [0.717, 1.165) is 47.3 Å². The minimum absolute atomic E-state index is 0.554. The van der Waals surface area contributed by atoms with Crippen LogP contribution in [0.3, 0.4) is 0 Å². The second-order valence-electron chi connectivity index (χ2n) is 12.7. The van der Waals surface area contributed by atoms with Crippen molar-refractivity contribution in [3.63, 3.8) is 0 Å². The van der Waals surface area contributed by atoms with Crippen molar-refractivity contribution in [1.82, 2.24) is 0 Å². The SMILES string of the molecule is CC(C)[C@@H](CCCl)CC[C@@H](C)[C@H]1CC[C@H]2[C@@H]3CC=C4CCCC[C@]4(C)[C@H]3CC[C@]12C. The molecule has 0 amide bonds. The molecule has 4 aliphatic rings. The molecule has 0 spiro atoms. The first kappa shape index (κ1) is 23.2. The van der Waals surface area contributed by atoms with Crippen molar-refractivity contribution < 1.29 is 0 Å². The van der Waals surface area contributed by atoms with Gasteiger partial charge in [-0.3, -0.25) is 0 Å². The Bertz CT molecular complexity index is 620. The van der Waals surface area contributed by atoms with E-state index < -0.39 is 0 Å². The molecule has 0 bridgehead atoms. The van der Waals surface area contributed by atoms with Crippen molar-refractivity contribution in [3.05, 3.63) is 11.6 Å². The lowest BCUT2D eigenvalue weighted by molar-refractivity contribution is -0.0503. The van der Waals surface area contributed by atoms with Gasteiger partial charge in [0.25, 0.3) is 0 Å². The Labute approximate surface area is 193 Å². The summed E-state index contributed by atoms with van der Waals surface area (Å²) in [5.41, 5.74) is 3.02. The summed E-state index contributed by atoms with van der Waals surface area (Å²) >= 11 is 6.12. The topological polar surface area (TPSA) is 0 Å². The molecule has 0 unspecified atom stereocenters. The number of hydrogen-bond donors (Lipinski definition) is 0. The average Bonchev–Trinajstić information content (AvgIpc) is 3.07. The molecular weight excluding hydrogens is 384 g/mol. The van der Waals surface area contributed by atoms with Crippen LogP contribution in [0.15, 0.2) is 11.6 Å². The van der Waals surface area contributed by atoms with Crippen molar-refractivity contribution in [2.75, 3.05) is 5.88 Å². The fraction of sp³-hybridized carbons (Fsp3) is 0.931. The maximum atomic E-state index is 6.12. The molecular formula is C29H49Cl. The number of allylic oxidation sites excluding steroid dienone is 2. The van der Waals surface area contributed by atoms with Crippen LogP contribution < -0.4 is 0 Å². The Kier molecular flexibility index (Phi) is 7.05.